The van der Waals surface area contributed by atoms with E-state index < -0.39 is 21.8 Å². The summed E-state index contributed by atoms with van der Waals surface area (Å²) in [6.45, 7) is 0. The van der Waals surface area contributed by atoms with Crippen molar-refractivity contribution in [3.63, 3.8) is 0 Å². The van der Waals surface area contributed by atoms with Gasteiger partial charge in [0.2, 0.25) is 0 Å². The van der Waals surface area contributed by atoms with Crippen LogP contribution in [0.2, 0.25) is 0 Å². The molecule has 24 heavy (non-hydrogen) atoms. The van der Waals surface area contributed by atoms with Crippen LogP contribution >= 0.6 is 0 Å². The highest BCUT2D eigenvalue weighted by molar-refractivity contribution is 7.89. The Labute approximate surface area is 138 Å². The summed E-state index contributed by atoms with van der Waals surface area (Å²) < 4.78 is 28.9. The number of carbonyl (C=O) groups excluding carboxylic acids is 2. The highest BCUT2D eigenvalue weighted by atomic mass is 32.2. The Kier molecular flexibility index (Phi) is 5.51. The lowest BCUT2D eigenvalue weighted by Gasteiger charge is -2.10. The zero-order valence-electron chi connectivity index (χ0n) is 12.6. The van der Waals surface area contributed by atoms with Gasteiger partial charge < -0.3 is 10.1 Å². The topological polar surface area (TPSA) is 114 Å². The van der Waals surface area contributed by atoms with Gasteiger partial charge in [0.25, 0.3) is 10.0 Å². The molecule has 0 fully saturated rings. The van der Waals surface area contributed by atoms with Crippen molar-refractivity contribution in [2.24, 2.45) is 0 Å². The predicted molar refractivity (Wildman–Crippen MR) is 86.5 cm³/mol. The fourth-order valence-electron chi connectivity index (χ4n) is 1.76. The number of methoxy groups -OCH3 is 1. The summed E-state index contributed by atoms with van der Waals surface area (Å²) in [6.07, 6.45) is 0. The van der Waals surface area contributed by atoms with Gasteiger partial charge in [-0.1, -0.05) is 30.3 Å². The molecule has 2 aromatic carbocycles. The van der Waals surface area contributed by atoms with Crippen LogP contribution in [0.4, 0.5) is 5.69 Å². The number of hydrogen-bond donors (Lipinski definition) is 3. The molecular formula is C15H15N3O5S. The number of rotatable bonds is 5. The second-order valence-corrected chi connectivity index (χ2v) is 6.21. The van der Waals surface area contributed by atoms with Crippen molar-refractivity contribution in [1.82, 2.24) is 10.3 Å². The van der Waals surface area contributed by atoms with E-state index in [9.17, 15) is 18.0 Å². The molecule has 8 nitrogen and oxygen atoms in total. The molecule has 2 aromatic rings. The number of amides is 2. The summed E-state index contributed by atoms with van der Waals surface area (Å²) in [6, 6.07) is 13.9. The molecule has 0 aliphatic rings. The molecule has 0 aromatic heterocycles. The van der Waals surface area contributed by atoms with Gasteiger partial charge in [0.1, 0.15) is 5.75 Å². The van der Waals surface area contributed by atoms with Gasteiger partial charge in [0.15, 0.2) is 0 Å². The van der Waals surface area contributed by atoms with Gasteiger partial charge in [-0.3, -0.25) is 15.0 Å². The molecule has 9 heteroatoms. The van der Waals surface area contributed by atoms with Gasteiger partial charge in [-0.15, -0.1) is 4.83 Å². The summed E-state index contributed by atoms with van der Waals surface area (Å²) in [5, 5.41) is 2.33. The van der Waals surface area contributed by atoms with Crippen LogP contribution in [0.1, 0.15) is 0 Å². The zero-order valence-corrected chi connectivity index (χ0v) is 13.5. The monoisotopic (exact) mass is 349 g/mol. The second kappa shape index (κ2) is 7.57. The van der Waals surface area contributed by atoms with Gasteiger partial charge in [0.05, 0.1) is 17.7 Å². The Bertz CT molecular complexity index is 837. The normalized spacial score (nSPS) is 10.7. The molecule has 0 spiro atoms. The van der Waals surface area contributed by atoms with Gasteiger partial charge >= 0.3 is 11.8 Å². The first kappa shape index (κ1) is 17.4. The van der Waals surface area contributed by atoms with Crippen molar-refractivity contribution in [2.75, 3.05) is 12.4 Å². The number of para-hydroxylation sites is 2. The highest BCUT2D eigenvalue weighted by Gasteiger charge is 2.19. The predicted octanol–water partition coefficient (Wildman–Crippen LogP) is 0.643. The van der Waals surface area contributed by atoms with Crippen LogP contribution in [-0.2, 0) is 19.6 Å². The molecule has 0 radical (unpaired) electrons. The van der Waals surface area contributed by atoms with Crippen LogP contribution < -0.4 is 20.3 Å². The average Bonchev–Trinajstić information content (AvgIpc) is 2.61. The maximum absolute atomic E-state index is 11.9. The molecule has 0 aliphatic heterocycles. The maximum atomic E-state index is 11.9. The molecule has 126 valence electrons. The molecule has 2 amide bonds. The van der Waals surface area contributed by atoms with E-state index in [2.05, 4.69) is 5.32 Å². The summed E-state index contributed by atoms with van der Waals surface area (Å²) in [4.78, 5) is 25.4. The average molecular weight is 349 g/mol. The number of carbonyl (C=O) groups is 2. The van der Waals surface area contributed by atoms with Gasteiger partial charge in [-0.05, 0) is 24.3 Å². The third-order valence-corrected chi connectivity index (χ3v) is 4.18. The first-order valence-electron chi connectivity index (χ1n) is 6.75. The van der Waals surface area contributed by atoms with E-state index in [1.54, 1.807) is 24.3 Å². The Hall–Kier alpha value is -2.91. The van der Waals surface area contributed by atoms with E-state index in [4.69, 9.17) is 4.74 Å². The number of ether oxygens (including phenoxy) is 1. The minimum atomic E-state index is -3.96. The Morgan fingerprint density at radius 2 is 1.54 bits per heavy atom. The first-order chi connectivity index (χ1) is 11.4. The standard InChI is InChI=1S/C15H15N3O5S/c1-23-13-10-6-5-9-12(13)16-14(19)15(20)17-18-24(21,22)11-7-3-2-4-8-11/h2-10,18H,1H3,(H,16,19)(H,17,20). The fraction of sp³-hybridized carbons (Fsp3) is 0.0667. The van der Waals surface area contributed by atoms with E-state index in [-0.39, 0.29) is 10.6 Å². The SMILES string of the molecule is COc1ccccc1NC(=O)C(=O)NNS(=O)(=O)c1ccccc1. The number of hydrazine groups is 1. The summed E-state index contributed by atoms with van der Waals surface area (Å²) in [5.74, 6) is -1.85. The summed E-state index contributed by atoms with van der Waals surface area (Å²) >= 11 is 0. The van der Waals surface area contributed by atoms with Crippen LogP contribution in [-0.4, -0.2) is 27.3 Å². The van der Waals surface area contributed by atoms with Crippen molar-refractivity contribution >= 4 is 27.5 Å². The lowest BCUT2D eigenvalue weighted by molar-refractivity contribution is -0.136. The number of sulfonamides is 1. The fourth-order valence-corrected chi connectivity index (χ4v) is 2.62. The van der Waals surface area contributed by atoms with Gasteiger partial charge in [-0.25, -0.2) is 8.42 Å². The van der Waals surface area contributed by atoms with E-state index in [0.29, 0.717) is 5.75 Å². The molecule has 3 N–H and O–H groups in total. The summed E-state index contributed by atoms with van der Waals surface area (Å²) in [5.41, 5.74) is 2.13. The largest absolute Gasteiger partial charge is 0.495 e. The van der Waals surface area contributed by atoms with Crippen LogP contribution in [0, 0.1) is 0 Å². The second-order valence-electron chi connectivity index (χ2n) is 4.53. The maximum Gasteiger partial charge on any atom is 0.324 e. The molecule has 0 atom stereocenters. The van der Waals surface area contributed by atoms with Crippen molar-refractivity contribution in [1.29, 1.82) is 0 Å². The lowest BCUT2D eigenvalue weighted by atomic mass is 10.3. The molecule has 0 saturated carbocycles. The molecule has 0 bridgehead atoms. The van der Waals surface area contributed by atoms with Crippen molar-refractivity contribution in [2.45, 2.75) is 4.90 Å². The molecule has 0 unspecified atom stereocenters. The van der Waals surface area contributed by atoms with Crippen molar-refractivity contribution in [3.8, 4) is 5.75 Å². The summed E-state index contributed by atoms with van der Waals surface area (Å²) in [7, 11) is -2.55. The van der Waals surface area contributed by atoms with E-state index in [1.165, 1.54) is 37.4 Å². The number of benzene rings is 2. The minimum absolute atomic E-state index is 0.0459. The minimum Gasteiger partial charge on any atom is -0.495 e. The number of anilines is 1. The third-order valence-electron chi connectivity index (χ3n) is 2.91. The number of hydrogen-bond acceptors (Lipinski definition) is 5. The third kappa shape index (κ3) is 4.31. The Balaban J connectivity index is 1.98. The van der Waals surface area contributed by atoms with E-state index in [0.717, 1.165) is 0 Å². The Morgan fingerprint density at radius 1 is 0.917 bits per heavy atom. The molecule has 2 rings (SSSR count). The van der Waals surface area contributed by atoms with E-state index >= 15 is 0 Å². The number of nitrogens with one attached hydrogen (secondary N) is 3. The molecule has 0 saturated heterocycles. The highest BCUT2D eigenvalue weighted by Crippen LogP contribution is 2.22. The van der Waals surface area contributed by atoms with Crippen LogP contribution in [0.25, 0.3) is 0 Å². The van der Waals surface area contributed by atoms with Crippen LogP contribution in [0.5, 0.6) is 5.75 Å². The van der Waals surface area contributed by atoms with Crippen molar-refractivity contribution < 1.29 is 22.7 Å². The van der Waals surface area contributed by atoms with Crippen LogP contribution in [0.15, 0.2) is 59.5 Å². The molecule has 0 heterocycles. The van der Waals surface area contributed by atoms with Gasteiger partial charge in [0, 0.05) is 0 Å². The molecule has 0 aliphatic carbocycles. The lowest BCUT2D eigenvalue weighted by Crippen LogP contribution is -2.46. The smallest absolute Gasteiger partial charge is 0.324 e. The van der Waals surface area contributed by atoms with Gasteiger partial charge in [-0.2, -0.15) is 0 Å². The zero-order chi connectivity index (χ0) is 17.6. The van der Waals surface area contributed by atoms with Crippen molar-refractivity contribution in [3.05, 3.63) is 54.6 Å². The Morgan fingerprint density at radius 3 is 2.21 bits per heavy atom. The van der Waals surface area contributed by atoms with Crippen LogP contribution in [0.3, 0.4) is 0 Å². The van der Waals surface area contributed by atoms with E-state index in [1.807, 2.05) is 10.3 Å². The first-order valence-corrected chi connectivity index (χ1v) is 8.23. The quantitative estimate of drug-likeness (QED) is 0.542. The molecular weight excluding hydrogens is 334 g/mol.